The average molecular weight is 471 g/mol. The summed E-state index contributed by atoms with van der Waals surface area (Å²) in [6.07, 6.45) is 0.710. The monoisotopic (exact) mass is 471 g/mol. The first-order valence-electron chi connectivity index (χ1n) is 9.69. The fraction of sp³-hybridized carbons (Fsp3) is 0.143. The standard InChI is InChI=1S/C21H16F3N7O3/c1-31-10-11(4-5-14(31)32)15-16(20-27-7-8-34-20)30-18(25)17(29-15)19(33)28-9-13-12(21(22,23)24)3-2-6-26-13/h2-8,10H,9H2,1H3,(H2,25,30)(H,28,33). The molecular formula is C21H16F3N7O3. The largest absolute Gasteiger partial charge is 0.443 e. The van der Waals surface area contributed by atoms with Crippen molar-refractivity contribution in [1.29, 1.82) is 0 Å². The predicted molar refractivity (Wildman–Crippen MR) is 113 cm³/mol. The van der Waals surface area contributed by atoms with Crippen LogP contribution in [-0.4, -0.2) is 30.4 Å². The van der Waals surface area contributed by atoms with Crippen LogP contribution in [0.25, 0.3) is 22.8 Å². The van der Waals surface area contributed by atoms with Crippen molar-refractivity contribution in [3.63, 3.8) is 0 Å². The molecule has 0 radical (unpaired) electrons. The second-order valence-electron chi connectivity index (χ2n) is 7.04. The Morgan fingerprint density at radius 1 is 1.15 bits per heavy atom. The van der Waals surface area contributed by atoms with Gasteiger partial charge in [0.15, 0.2) is 17.2 Å². The smallest absolute Gasteiger partial charge is 0.418 e. The van der Waals surface area contributed by atoms with Crippen LogP contribution in [0.3, 0.4) is 0 Å². The van der Waals surface area contributed by atoms with E-state index in [1.54, 1.807) is 0 Å². The highest BCUT2D eigenvalue weighted by Gasteiger charge is 2.34. The van der Waals surface area contributed by atoms with E-state index in [0.29, 0.717) is 5.56 Å². The first-order valence-corrected chi connectivity index (χ1v) is 9.69. The maximum atomic E-state index is 13.2. The minimum Gasteiger partial charge on any atom is -0.443 e. The molecular weight excluding hydrogens is 455 g/mol. The molecule has 13 heteroatoms. The normalized spacial score (nSPS) is 11.4. The third-order valence-electron chi connectivity index (χ3n) is 4.74. The molecule has 4 rings (SSSR count). The van der Waals surface area contributed by atoms with Gasteiger partial charge in [0.25, 0.3) is 5.91 Å². The predicted octanol–water partition coefficient (Wildman–Crippen LogP) is 2.42. The number of hydrogen-bond donors (Lipinski definition) is 2. The Bertz CT molecular complexity index is 1420. The summed E-state index contributed by atoms with van der Waals surface area (Å²) in [6, 6.07) is 4.79. The third-order valence-corrected chi connectivity index (χ3v) is 4.74. The van der Waals surface area contributed by atoms with Crippen molar-refractivity contribution < 1.29 is 22.4 Å². The zero-order chi connectivity index (χ0) is 24.5. The molecule has 0 atom stereocenters. The second kappa shape index (κ2) is 8.77. The first kappa shape index (κ1) is 22.6. The third kappa shape index (κ3) is 4.48. The molecule has 0 unspecified atom stereocenters. The van der Waals surface area contributed by atoms with Gasteiger partial charge in [0.1, 0.15) is 12.0 Å². The van der Waals surface area contributed by atoms with Gasteiger partial charge in [-0.1, -0.05) is 0 Å². The first-order chi connectivity index (χ1) is 16.1. The van der Waals surface area contributed by atoms with Crippen LogP contribution < -0.4 is 16.6 Å². The van der Waals surface area contributed by atoms with Crippen LogP contribution in [0.4, 0.5) is 19.0 Å². The molecule has 0 saturated carbocycles. The zero-order valence-corrected chi connectivity index (χ0v) is 17.5. The maximum Gasteiger partial charge on any atom is 0.418 e. The van der Waals surface area contributed by atoms with Gasteiger partial charge in [0.2, 0.25) is 11.4 Å². The number of nitrogen functional groups attached to an aromatic ring is 1. The summed E-state index contributed by atoms with van der Waals surface area (Å²) < 4.78 is 46.2. The number of halogens is 3. The minimum atomic E-state index is -4.64. The van der Waals surface area contributed by atoms with Crippen LogP contribution in [0.5, 0.6) is 0 Å². The van der Waals surface area contributed by atoms with Crippen molar-refractivity contribution in [2.24, 2.45) is 7.05 Å². The van der Waals surface area contributed by atoms with Crippen LogP contribution >= 0.6 is 0 Å². The zero-order valence-electron chi connectivity index (χ0n) is 17.5. The number of nitrogens with one attached hydrogen (secondary N) is 1. The van der Waals surface area contributed by atoms with E-state index in [-0.39, 0.29) is 40.0 Å². The van der Waals surface area contributed by atoms with Gasteiger partial charge < -0.3 is 20.0 Å². The summed E-state index contributed by atoms with van der Waals surface area (Å²) >= 11 is 0. The summed E-state index contributed by atoms with van der Waals surface area (Å²) in [4.78, 5) is 40.8. The van der Waals surface area contributed by atoms with Crippen LogP contribution in [0.15, 0.2) is 58.3 Å². The number of pyridine rings is 2. The van der Waals surface area contributed by atoms with Gasteiger partial charge >= 0.3 is 6.18 Å². The fourth-order valence-corrected chi connectivity index (χ4v) is 3.12. The molecule has 0 fully saturated rings. The number of carbonyl (C=O) groups is 1. The highest BCUT2D eigenvalue weighted by Crippen LogP contribution is 2.31. The molecule has 0 aliphatic heterocycles. The number of aryl methyl sites for hydroxylation is 1. The number of nitrogens with two attached hydrogens (primary N) is 1. The van der Waals surface area contributed by atoms with E-state index in [1.807, 2.05) is 0 Å². The van der Waals surface area contributed by atoms with E-state index >= 15 is 0 Å². The molecule has 0 aromatic carbocycles. The van der Waals surface area contributed by atoms with Crippen molar-refractivity contribution >= 4 is 11.7 Å². The Labute approximate surface area is 189 Å². The Kier molecular flexibility index (Phi) is 5.84. The molecule has 0 aliphatic carbocycles. The summed E-state index contributed by atoms with van der Waals surface area (Å²) in [7, 11) is 1.53. The van der Waals surface area contributed by atoms with Crippen LogP contribution in [-0.2, 0) is 19.8 Å². The molecule has 0 aliphatic rings. The van der Waals surface area contributed by atoms with E-state index < -0.39 is 24.2 Å². The van der Waals surface area contributed by atoms with E-state index in [1.165, 1.54) is 48.6 Å². The lowest BCUT2D eigenvalue weighted by molar-refractivity contribution is -0.138. The number of rotatable bonds is 5. The Balaban J connectivity index is 1.72. The minimum absolute atomic E-state index is 0.0679. The number of oxazole rings is 1. The van der Waals surface area contributed by atoms with Crippen molar-refractivity contribution in [2.45, 2.75) is 12.7 Å². The number of alkyl halides is 3. The molecule has 34 heavy (non-hydrogen) atoms. The van der Waals surface area contributed by atoms with E-state index in [4.69, 9.17) is 10.2 Å². The lowest BCUT2D eigenvalue weighted by Gasteiger charge is -2.14. The van der Waals surface area contributed by atoms with Gasteiger partial charge in [-0.3, -0.25) is 14.6 Å². The van der Waals surface area contributed by atoms with Crippen molar-refractivity contribution in [2.75, 3.05) is 5.73 Å². The van der Waals surface area contributed by atoms with Crippen molar-refractivity contribution in [3.05, 3.63) is 76.4 Å². The molecule has 3 N–H and O–H groups in total. The van der Waals surface area contributed by atoms with Crippen LogP contribution in [0, 0.1) is 0 Å². The van der Waals surface area contributed by atoms with Crippen molar-refractivity contribution in [1.82, 2.24) is 29.8 Å². The van der Waals surface area contributed by atoms with Crippen LogP contribution in [0.1, 0.15) is 21.7 Å². The van der Waals surface area contributed by atoms with E-state index in [9.17, 15) is 22.8 Å². The Hall–Kier alpha value is -4.55. The molecule has 174 valence electrons. The Morgan fingerprint density at radius 2 is 1.94 bits per heavy atom. The summed E-state index contributed by atoms with van der Waals surface area (Å²) in [6.45, 7) is -0.522. The number of carbonyl (C=O) groups excluding carboxylic acids is 1. The van der Waals surface area contributed by atoms with Gasteiger partial charge in [-0.15, -0.1) is 0 Å². The topological polar surface area (TPSA) is 142 Å². The highest BCUT2D eigenvalue weighted by molar-refractivity contribution is 5.97. The molecule has 4 aromatic rings. The quantitative estimate of drug-likeness (QED) is 0.452. The number of nitrogens with zero attached hydrogens (tertiary/aromatic N) is 5. The number of anilines is 1. The van der Waals surface area contributed by atoms with Gasteiger partial charge in [-0.05, 0) is 18.2 Å². The average Bonchev–Trinajstić information content (AvgIpc) is 3.33. The van der Waals surface area contributed by atoms with Gasteiger partial charge in [0, 0.05) is 31.1 Å². The fourth-order valence-electron chi connectivity index (χ4n) is 3.12. The summed E-state index contributed by atoms with van der Waals surface area (Å²) in [5.74, 6) is -1.09. The van der Waals surface area contributed by atoms with Crippen molar-refractivity contribution in [3.8, 4) is 22.8 Å². The van der Waals surface area contributed by atoms with Gasteiger partial charge in [-0.25, -0.2) is 15.0 Å². The number of amides is 1. The molecule has 0 spiro atoms. The molecule has 4 aromatic heterocycles. The lowest BCUT2D eigenvalue weighted by Crippen LogP contribution is -2.27. The second-order valence-corrected chi connectivity index (χ2v) is 7.04. The number of hydrogen-bond acceptors (Lipinski definition) is 8. The van der Waals surface area contributed by atoms with Crippen LogP contribution in [0.2, 0.25) is 0 Å². The van der Waals surface area contributed by atoms with Gasteiger partial charge in [-0.2, -0.15) is 13.2 Å². The van der Waals surface area contributed by atoms with Gasteiger partial charge in [0.05, 0.1) is 24.0 Å². The molecule has 0 saturated heterocycles. The van der Waals surface area contributed by atoms with E-state index in [2.05, 4.69) is 25.3 Å². The highest BCUT2D eigenvalue weighted by atomic mass is 19.4. The molecule has 1 amide bonds. The van der Waals surface area contributed by atoms with E-state index in [0.717, 1.165) is 12.1 Å². The molecule has 4 heterocycles. The summed E-state index contributed by atoms with van der Waals surface area (Å²) in [5.41, 5.74) is 4.64. The molecule has 0 bridgehead atoms. The summed E-state index contributed by atoms with van der Waals surface area (Å²) in [5, 5.41) is 2.34. The lowest BCUT2D eigenvalue weighted by atomic mass is 10.1. The maximum absolute atomic E-state index is 13.2. The SMILES string of the molecule is Cn1cc(-c2nc(C(=O)NCc3ncccc3C(F)(F)F)c(N)nc2-c2ncco2)ccc1=O. The molecule has 10 nitrogen and oxygen atoms in total. The number of aromatic nitrogens is 5. The Morgan fingerprint density at radius 3 is 2.62 bits per heavy atom.